The number of carbonyl (C=O) groups is 1. The van der Waals surface area contributed by atoms with Gasteiger partial charge in [0, 0.05) is 6.54 Å². The molecule has 0 bridgehead atoms. The van der Waals surface area contributed by atoms with Crippen molar-refractivity contribution < 1.29 is 14.3 Å². The zero-order valence-electron chi connectivity index (χ0n) is 10.9. The Morgan fingerprint density at radius 3 is 2.45 bits per heavy atom. The average Bonchev–Trinajstić information content (AvgIpc) is 2.48. The molecule has 0 aromatic heterocycles. The summed E-state index contributed by atoms with van der Waals surface area (Å²) in [6, 6.07) is 15.2. The van der Waals surface area contributed by atoms with E-state index in [1.54, 1.807) is 30.3 Å². The van der Waals surface area contributed by atoms with E-state index in [4.69, 9.17) is 0 Å². The van der Waals surface area contributed by atoms with Crippen LogP contribution in [0.25, 0.3) is 0 Å². The molecule has 0 spiro atoms. The minimum atomic E-state index is -0.763. The maximum atomic E-state index is 13.4. The largest absolute Gasteiger partial charge is 0.387 e. The molecule has 0 aliphatic carbocycles. The molecular weight excluding hydrogens is 257 g/mol. The van der Waals surface area contributed by atoms with Gasteiger partial charge < -0.3 is 10.4 Å². The molecule has 3 nitrogen and oxygen atoms in total. The number of aliphatic hydroxyl groups excluding tert-OH is 1. The highest BCUT2D eigenvalue weighted by molar-refractivity contribution is 5.78. The molecule has 20 heavy (non-hydrogen) atoms. The molecule has 1 atom stereocenters. The fraction of sp³-hybridized carbons (Fsp3) is 0.188. The van der Waals surface area contributed by atoms with Gasteiger partial charge in [-0.25, -0.2) is 4.39 Å². The minimum absolute atomic E-state index is 0.0335. The van der Waals surface area contributed by atoms with Gasteiger partial charge in [0.25, 0.3) is 0 Å². The van der Waals surface area contributed by atoms with Gasteiger partial charge in [0.15, 0.2) is 0 Å². The number of hydrogen-bond acceptors (Lipinski definition) is 2. The topological polar surface area (TPSA) is 49.3 Å². The van der Waals surface area contributed by atoms with Crippen LogP contribution in [0.15, 0.2) is 54.6 Å². The van der Waals surface area contributed by atoms with Crippen molar-refractivity contribution in [2.45, 2.75) is 12.5 Å². The fourth-order valence-electron chi connectivity index (χ4n) is 1.88. The lowest BCUT2D eigenvalue weighted by Gasteiger charge is -2.12. The molecule has 0 saturated heterocycles. The smallest absolute Gasteiger partial charge is 0.224 e. The van der Waals surface area contributed by atoms with E-state index in [0.717, 1.165) is 5.56 Å². The second kappa shape index (κ2) is 6.82. The van der Waals surface area contributed by atoms with Gasteiger partial charge in [-0.05, 0) is 17.2 Å². The zero-order valence-corrected chi connectivity index (χ0v) is 10.9. The standard InChI is InChI=1S/C16H16FNO2/c17-14-9-5-4-8-13(14)10-16(20)18-11-15(19)12-6-2-1-3-7-12/h1-9,15,19H,10-11H2,(H,18,20)/t15-/m0/s1. The van der Waals surface area contributed by atoms with Crippen molar-refractivity contribution >= 4 is 5.91 Å². The predicted octanol–water partition coefficient (Wildman–Crippen LogP) is 2.22. The van der Waals surface area contributed by atoms with Crippen molar-refractivity contribution in [3.8, 4) is 0 Å². The van der Waals surface area contributed by atoms with Gasteiger partial charge in [-0.2, -0.15) is 0 Å². The van der Waals surface area contributed by atoms with E-state index in [1.165, 1.54) is 6.07 Å². The lowest BCUT2D eigenvalue weighted by atomic mass is 10.1. The molecule has 0 unspecified atom stereocenters. The van der Waals surface area contributed by atoms with Crippen molar-refractivity contribution in [2.75, 3.05) is 6.54 Å². The van der Waals surface area contributed by atoms with Crippen molar-refractivity contribution in [3.05, 3.63) is 71.5 Å². The molecule has 2 aromatic rings. The zero-order chi connectivity index (χ0) is 14.4. The van der Waals surface area contributed by atoms with Gasteiger partial charge in [0.05, 0.1) is 12.5 Å². The Labute approximate surface area is 117 Å². The van der Waals surface area contributed by atoms with Crippen LogP contribution in [0.3, 0.4) is 0 Å². The normalized spacial score (nSPS) is 11.9. The Balaban J connectivity index is 1.85. The molecule has 0 aliphatic rings. The lowest BCUT2D eigenvalue weighted by molar-refractivity contribution is -0.120. The van der Waals surface area contributed by atoms with E-state index in [9.17, 15) is 14.3 Å². The molecule has 0 heterocycles. The Bertz CT molecular complexity index is 572. The van der Waals surface area contributed by atoms with Crippen LogP contribution in [0.2, 0.25) is 0 Å². The van der Waals surface area contributed by atoms with Crippen LogP contribution >= 0.6 is 0 Å². The lowest BCUT2D eigenvalue weighted by Crippen LogP contribution is -2.29. The van der Waals surface area contributed by atoms with Crippen LogP contribution < -0.4 is 5.32 Å². The second-order valence-electron chi connectivity index (χ2n) is 4.50. The van der Waals surface area contributed by atoms with Gasteiger partial charge in [0.2, 0.25) is 5.91 Å². The average molecular weight is 273 g/mol. The summed E-state index contributed by atoms with van der Waals surface area (Å²) < 4.78 is 13.4. The highest BCUT2D eigenvalue weighted by atomic mass is 19.1. The third kappa shape index (κ3) is 3.90. The predicted molar refractivity (Wildman–Crippen MR) is 74.5 cm³/mol. The highest BCUT2D eigenvalue weighted by Crippen LogP contribution is 2.11. The quantitative estimate of drug-likeness (QED) is 0.877. The monoisotopic (exact) mass is 273 g/mol. The first-order chi connectivity index (χ1) is 9.66. The van der Waals surface area contributed by atoms with E-state index in [2.05, 4.69) is 5.32 Å². The van der Waals surface area contributed by atoms with Gasteiger partial charge in [-0.1, -0.05) is 48.5 Å². The van der Waals surface area contributed by atoms with E-state index in [0.29, 0.717) is 5.56 Å². The summed E-state index contributed by atoms with van der Waals surface area (Å²) in [6.07, 6.45) is -0.797. The SMILES string of the molecule is O=C(Cc1ccccc1F)NC[C@H](O)c1ccccc1. The van der Waals surface area contributed by atoms with Crippen LogP contribution in [0.1, 0.15) is 17.2 Å². The Kier molecular flexibility index (Phi) is 4.85. The van der Waals surface area contributed by atoms with Crippen molar-refractivity contribution in [2.24, 2.45) is 0 Å². The number of aliphatic hydroxyl groups is 1. The van der Waals surface area contributed by atoms with Crippen LogP contribution in [0.4, 0.5) is 4.39 Å². The van der Waals surface area contributed by atoms with Gasteiger partial charge in [-0.15, -0.1) is 0 Å². The second-order valence-corrected chi connectivity index (χ2v) is 4.50. The number of carbonyl (C=O) groups excluding carboxylic acids is 1. The number of halogens is 1. The summed E-state index contributed by atoms with van der Waals surface area (Å²) in [4.78, 5) is 11.7. The molecule has 4 heteroatoms. The maximum Gasteiger partial charge on any atom is 0.224 e. The fourth-order valence-corrected chi connectivity index (χ4v) is 1.88. The first-order valence-corrected chi connectivity index (χ1v) is 6.40. The number of hydrogen-bond donors (Lipinski definition) is 2. The third-order valence-electron chi connectivity index (χ3n) is 2.99. The van der Waals surface area contributed by atoms with Crippen molar-refractivity contribution in [3.63, 3.8) is 0 Å². The summed E-state index contributed by atoms with van der Waals surface area (Å²) in [6.45, 7) is 0.108. The molecule has 0 fully saturated rings. The first-order valence-electron chi connectivity index (χ1n) is 6.40. The number of benzene rings is 2. The minimum Gasteiger partial charge on any atom is -0.387 e. The van der Waals surface area contributed by atoms with E-state index < -0.39 is 11.9 Å². The Morgan fingerprint density at radius 1 is 1.10 bits per heavy atom. The molecule has 2 aromatic carbocycles. The summed E-state index contributed by atoms with van der Waals surface area (Å²) in [5, 5.41) is 12.5. The molecule has 0 aliphatic heterocycles. The van der Waals surface area contributed by atoms with Crippen LogP contribution in [0, 0.1) is 5.82 Å². The molecule has 2 rings (SSSR count). The summed E-state index contributed by atoms with van der Waals surface area (Å²) in [5.74, 6) is -0.712. The maximum absolute atomic E-state index is 13.4. The summed E-state index contributed by atoms with van der Waals surface area (Å²) >= 11 is 0. The van der Waals surface area contributed by atoms with Crippen LogP contribution in [0.5, 0.6) is 0 Å². The van der Waals surface area contributed by atoms with E-state index >= 15 is 0 Å². The molecule has 2 N–H and O–H groups in total. The highest BCUT2D eigenvalue weighted by Gasteiger charge is 2.11. The Morgan fingerprint density at radius 2 is 1.75 bits per heavy atom. The number of nitrogens with one attached hydrogen (secondary N) is 1. The summed E-state index contributed by atoms with van der Waals surface area (Å²) in [7, 11) is 0. The summed E-state index contributed by atoms with van der Waals surface area (Å²) in [5.41, 5.74) is 1.08. The number of amides is 1. The van der Waals surface area contributed by atoms with Gasteiger partial charge >= 0.3 is 0 Å². The van der Waals surface area contributed by atoms with Crippen LogP contribution in [-0.2, 0) is 11.2 Å². The van der Waals surface area contributed by atoms with Gasteiger partial charge in [-0.3, -0.25) is 4.79 Å². The van der Waals surface area contributed by atoms with Crippen molar-refractivity contribution in [1.82, 2.24) is 5.32 Å². The Hall–Kier alpha value is -2.20. The number of rotatable bonds is 5. The van der Waals surface area contributed by atoms with E-state index in [1.807, 2.05) is 18.2 Å². The van der Waals surface area contributed by atoms with Crippen LogP contribution in [-0.4, -0.2) is 17.6 Å². The van der Waals surface area contributed by atoms with Crippen molar-refractivity contribution in [1.29, 1.82) is 0 Å². The third-order valence-corrected chi connectivity index (χ3v) is 2.99. The van der Waals surface area contributed by atoms with E-state index in [-0.39, 0.29) is 18.9 Å². The molecule has 104 valence electrons. The van der Waals surface area contributed by atoms with Gasteiger partial charge in [0.1, 0.15) is 5.82 Å². The molecule has 1 amide bonds. The molecule has 0 saturated carbocycles. The molecular formula is C16H16FNO2. The first kappa shape index (κ1) is 14.2. The molecule has 0 radical (unpaired) electrons.